The number of esters is 1. The molecule has 1 heterocycles. The van der Waals surface area contributed by atoms with Crippen molar-refractivity contribution in [3.05, 3.63) is 51.5 Å². The zero-order chi connectivity index (χ0) is 38.4. The third-order valence-corrected chi connectivity index (χ3v) is 10.2. The maximum Gasteiger partial charge on any atom is 0.306 e. The summed E-state index contributed by atoms with van der Waals surface area (Å²) >= 11 is 1.24. The first kappa shape index (κ1) is 43.3. The molecule has 0 aliphatic heterocycles. The highest BCUT2D eigenvalue weighted by atomic mass is 32.1. The van der Waals surface area contributed by atoms with Crippen LogP contribution in [-0.4, -0.2) is 83.4 Å². The molecule has 0 aliphatic rings. The van der Waals surface area contributed by atoms with Gasteiger partial charge in [-0.3, -0.25) is 24.0 Å². The second-order valence-corrected chi connectivity index (χ2v) is 15.5. The van der Waals surface area contributed by atoms with E-state index in [2.05, 4.69) is 20.9 Å². The van der Waals surface area contributed by atoms with Crippen LogP contribution in [0.3, 0.4) is 0 Å². The Balaban J connectivity index is 2.33. The number of ether oxygens (including phenoxy) is 1. The highest BCUT2D eigenvalue weighted by molar-refractivity contribution is 7.12. The van der Waals surface area contributed by atoms with Gasteiger partial charge in [0.2, 0.25) is 11.8 Å². The lowest BCUT2D eigenvalue weighted by molar-refractivity contribution is -0.149. The van der Waals surface area contributed by atoms with Crippen LogP contribution in [0.4, 0.5) is 0 Å². The summed E-state index contributed by atoms with van der Waals surface area (Å²) < 4.78 is 5.78. The third-order valence-electron chi connectivity index (χ3n) is 9.14. The Morgan fingerprint density at radius 2 is 1.59 bits per heavy atom. The van der Waals surface area contributed by atoms with Crippen LogP contribution in [0.1, 0.15) is 106 Å². The molecule has 2 aromatic rings. The van der Waals surface area contributed by atoms with E-state index in [4.69, 9.17) is 4.74 Å². The average Bonchev–Trinajstić information content (AvgIpc) is 3.46. The molecule has 0 unspecified atom stereocenters. The van der Waals surface area contributed by atoms with Crippen molar-refractivity contribution in [3.8, 4) is 0 Å². The Morgan fingerprint density at radius 3 is 2.14 bits per heavy atom. The van der Waals surface area contributed by atoms with E-state index < -0.39 is 48.0 Å². The molecule has 3 amide bonds. The van der Waals surface area contributed by atoms with Crippen LogP contribution in [0.2, 0.25) is 0 Å². The van der Waals surface area contributed by atoms with Gasteiger partial charge in [0.15, 0.2) is 6.10 Å². The number of nitrogens with one attached hydrogen (secondary N) is 3. The molecule has 6 atom stereocenters. The number of carboxylic acid groups (broad SMARTS) is 1. The van der Waals surface area contributed by atoms with Crippen LogP contribution in [0.15, 0.2) is 30.3 Å². The van der Waals surface area contributed by atoms with E-state index >= 15 is 0 Å². The number of aliphatic carboxylic acids is 1. The molecular weight excluding hydrogens is 671 g/mol. The van der Waals surface area contributed by atoms with Crippen LogP contribution in [0.5, 0.6) is 0 Å². The summed E-state index contributed by atoms with van der Waals surface area (Å²) in [6, 6.07) is 7.93. The number of aromatic nitrogens is 1. The van der Waals surface area contributed by atoms with Crippen molar-refractivity contribution in [2.75, 3.05) is 20.6 Å². The lowest BCUT2D eigenvalue weighted by atomic mass is 9.94. The van der Waals surface area contributed by atoms with Gasteiger partial charge in [-0.05, 0) is 63.6 Å². The van der Waals surface area contributed by atoms with Gasteiger partial charge in [0.1, 0.15) is 16.7 Å². The second-order valence-electron chi connectivity index (χ2n) is 14.3. The molecule has 1 aromatic heterocycles. The summed E-state index contributed by atoms with van der Waals surface area (Å²) in [7, 11) is 3.57. The number of nitrogens with zero attached hydrogens (tertiary/aromatic N) is 2. The zero-order valence-corrected chi connectivity index (χ0v) is 32.8. The predicted molar refractivity (Wildman–Crippen MR) is 199 cm³/mol. The molecule has 1 aromatic carbocycles. The average molecular weight is 730 g/mol. The molecule has 0 saturated carbocycles. The van der Waals surface area contributed by atoms with Gasteiger partial charge in [-0.1, -0.05) is 71.9 Å². The summed E-state index contributed by atoms with van der Waals surface area (Å²) in [5.74, 6) is -3.48. The van der Waals surface area contributed by atoms with Crippen LogP contribution >= 0.6 is 11.3 Å². The number of aryl methyl sites for hydroxylation is 1. The molecule has 0 spiro atoms. The smallest absolute Gasteiger partial charge is 0.306 e. The van der Waals surface area contributed by atoms with Gasteiger partial charge in [-0.15, -0.1) is 11.3 Å². The normalized spacial score (nSPS) is 15.0. The van der Waals surface area contributed by atoms with Crippen molar-refractivity contribution in [1.29, 1.82) is 0 Å². The number of likely N-dealkylation sites (N-methyl/N-ethyl adjacent to an activating group) is 1. The molecule has 13 heteroatoms. The van der Waals surface area contributed by atoms with Crippen LogP contribution in [-0.2, 0) is 30.3 Å². The molecular formula is C38H59N5O7S. The molecule has 0 fully saturated rings. The van der Waals surface area contributed by atoms with Crippen molar-refractivity contribution >= 4 is 41.0 Å². The minimum Gasteiger partial charge on any atom is -0.481 e. The van der Waals surface area contributed by atoms with Gasteiger partial charge in [0.05, 0.1) is 5.92 Å². The summed E-state index contributed by atoms with van der Waals surface area (Å²) in [6.45, 7) is 15.1. The monoisotopic (exact) mass is 729 g/mol. The fraction of sp³-hybridized carbons (Fsp3) is 0.632. The quantitative estimate of drug-likeness (QED) is 0.100. The number of hydrogen-bond acceptors (Lipinski definition) is 9. The SMILES string of the molecule is CNCCC[C@@H](C)C(=O)N[C@H](C(=O)N(C)[C@H](C[C@@H](OC(C)=O)c1nc(C(=O)N[C@@H](Cc2ccccc2)C[C@H](C)C(=O)O)c(C)s1)C(C)C)C(C)C. The van der Waals surface area contributed by atoms with E-state index in [1.165, 1.54) is 18.3 Å². The number of hydrogen-bond donors (Lipinski definition) is 4. The molecule has 0 radical (unpaired) electrons. The number of carbonyl (C=O) groups is 5. The van der Waals surface area contributed by atoms with Gasteiger partial charge < -0.3 is 30.7 Å². The minimum atomic E-state index is -0.946. The molecule has 51 heavy (non-hydrogen) atoms. The van der Waals surface area contributed by atoms with Crippen molar-refractivity contribution in [3.63, 3.8) is 0 Å². The fourth-order valence-electron chi connectivity index (χ4n) is 6.04. The van der Waals surface area contributed by atoms with Gasteiger partial charge in [-0.25, -0.2) is 4.98 Å². The van der Waals surface area contributed by atoms with E-state index in [0.29, 0.717) is 22.7 Å². The lowest BCUT2D eigenvalue weighted by Crippen LogP contribution is -2.54. The molecule has 0 bridgehead atoms. The van der Waals surface area contributed by atoms with E-state index in [1.807, 2.05) is 72.0 Å². The van der Waals surface area contributed by atoms with Crippen molar-refractivity contribution < 1.29 is 33.8 Å². The maximum atomic E-state index is 14.0. The molecule has 4 N–H and O–H groups in total. The largest absolute Gasteiger partial charge is 0.481 e. The first-order valence-electron chi connectivity index (χ1n) is 17.9. The van der Waals surface area contributed by atoms with E-state index in [0.717, 1.165) is 18.5 Å². The van der Waals surface area contributed by atoms with Crippen LogP contribution < -0.4 is 16.0 Å². The van der Waals surface area contributed by atoms with Crippen molar-refractivity contribution in [2.24, 2.45) is 23.7 Å². The number of amides is 3. The number of carbonyl (C=O) groups excluding carboxylic acids is 4. The van der Waals surface area contributed by atoms with E-state index in [1.54, 1.807) is 25.8 Å². The summed E-state index contributed by atoms with van der Waals surface area (Å²) in [5.41, 5.74) is 1.13. The molecule has 284 valence electrons. The number of thiazole rings is 1. The van der Waals surface area contributed by atoms with Gasteiger partial charge in [0, 0.05) is 43.3 Å². The first-order chi connectivity index (χ1) is 24.0. The highest BCUT2D eigenvalue weighted by Gasteiger charge is 2.36. The van der Waals surface area contributed by atoms with Crippen LogP contribution in [0.25, 0.3) is 0 Å². The van der Waals surface area contributed by atoms with Crippen molar-refractivity contribution in [2.45, 2.75) is 112 Å². The standard InChI is InChI=1S/C38H59N5O7S/c1-22(2)30(43(10)37(47)32(23(3)4)41-34(45)24(5)15-14-18-39-9)21-31(50-27(8)44)36-42-33(26(7)51-36)35(46)40-29(19-25(6)38(48)49)20-28-16-12-11-13-17-28/h11-13,16-17,22-25,29-32,39H,14-15,18-21H2,1-10H3,(H,40,46)(H,41,45)(H,48,49)/t24-,25+,29-,30-,31-,32+/m1/s1. The Kier molecular flexibility index (Phi) is 17.7. The number of carboxylic acids is 1. The number of rotatable bonds is 21. The maximum absolute atomic E-state index is 14.0. The Labute approximate surface area is 307 Å². The first-order valence-corrected chi connectivity index (χ1v) is 18.7. The predicted octanol–water partition coefficient (Wildman–Crippen LogP) is 5.16. The molecule has 12 nitrogen and oxygen atoms in total. The zero-order valence-electron chi connectivity index (χ0n) is 31.9. The van der Waals surface area contributed by atoms with E-state index in [-0.39, 0.29) is 48.1 Å². The fourth-order valence-corrected chi connectivity index (χ4v) is 7.00. The summed E-state index contributed by atoms with van der Waals surface area (Å²) in [6.07, 6.45) is 1.59. The van der Waals surface area contributed by atoms with Gasteiger partial charge >= 0.3 is 11.9 Å². The summed E-state index contributed by atoms with van der Waals surface area (Å²) in [5, 5.41) is 19.0. The lowest BCUT2D eigenvalue weighted by Gasteiger charge is -2.36. The topological polar surface area (TPSA) is 167 Å². The Hall–Kier alpha value is -3.84. The minimum absolute atomic E-state index is 0.0558. The van der Waals surface area contributed by atoms with Crippen LogP contribution in [0, 0.1) is 30.6 Å². The van der Waals surface area contributed by atoms with E-state index in [9.17, 15) is 29.1 Å². The molecule has 2 rings (SSSR count). The molecule has 0 aliphatic carbocycles. The second kappa shape index (κ2) is 20.9. The van der Waals surface area contributed by atoms with Gasteiger partial charge in [-0.2, -0.15) is 0 Å². The van der Waals surface area contributed by atoms with Crippen molar-refractivity contribution in [1.82, 2.24) is 25.8 Å². The highest BCUT2D eigenvalue weighted by Crippen LogP contribution is 2.33. The third kappa shape index (κ3) is 13.7. The Morgan fingerprint density at radius 1 is 0.941 bits per heavy atom. The summed E-state index contributed by atoms with van der Waals surface area (Å²) in [4.78, 5) is 71.6. The Bertz CT molecular complexity index is 1450. The molecule has 0 saturated heterocycles. The number of benzene rings is 1. The van der Waals surface area contributed by atoms with Gasteiger partial charge in [0.25, 0.3) is 5.91 Å².